The fraction of sp³-hybridized carbons (Fsp3) is 0.778. The minimum atomic E-state index is 0. The fourth-order valence-corrected chi connectivity index (χ4v) is 4.83. The Morgan fingerprint density at radius 3 is 1.48 bits per heavy atom. The highest BCUT2D eigenvalue weighted by atomic mass is 16.0. The van der Waals surface area contributed by atoms with Crippen LogP contribution in [0.5, 0.6) is 0 Å². The number of benzene rings is 1. The molecule has 0 aliphatic heterocycles. The van der Waals surface area contributed by atoms with Gasteiger partial charge in [0.05, 0.1) is 0 Å². The molecule has 0 aliphatic rings. The van der Waals surface area contributed by atoms with E-state index < -0.39 is 0 Å². The van der Waals surface area contributed by atoms with Crippen LogP contribution in [-0.4, -0.2) is 11.5 Å². The molecule has 4 N–H and O–H groups in total. The van der Waals surface area contributed by atoms with Gasteiger partial charge >= 0.3 is 0 Å². The molecule has 0 spiro atoms. The average Bonchev–Trinajstić information content (AvgIpc) is 2.73. The van der Waals surface area contributed by atoms with Crippen molar-refractivity contribution >= 4 is 0 Å². The number of hydrogen-bond donors (Lipinski definition) is 1. The van der Waals surface area contributed by atoms with E-state index in [1.165, 1.54) is 89.0 Å². The Hall–Kier alpha value is -0.860. The van der Waals surface area contributed by atoms with Crippen LogP contribution < -0.4 is 5.73 Å². The predicted molar refractivity (Wildman–Crippen MR) is 131 cm³/mol. The molecule has 0 saturated carbocycles. The molecular formula is C27H51NO. The Bertz CT molecular complexity index is 455. The summed E-state index contributed by atoms with van der Waals surface area (Å²) in [6.07, 6.45) is 21.8. The van der Waals surface area contributed by atoms with Crippen molar-refractivity contribution in [2.75, 3.05) is 0 Å². The lowest BCUT2D eigenvalue weighted by molar-refractivity contribution is 0.297. The van der Waals surface area contributed by atoms with Crippen molar-refractivity contribution in [2.24, 2.45) is 5.73 Å². The summed E-state index contributed by atoms with van der Waals surface area (Å²) in [5, 5.41) is 0. The molecule has 1 atom stereocenters. The first kappa shape index (κ1) is 28.1. The third-order valence-corrected chi connectivity index (χ3v) is 6.94. The van der Waals surface area contributed by atoms with E-state index in [2.05, 4.69) is 51.1 Å². The van der Waals surface area contributed by atoms with E-state index >= 15 is 0 Å². The molecule has 1 rings (SSSR count). The zero-order valence-electron chi connectivity index (χ0n) is 19.9. The topological polar surface area (TPSA) is 57.5 Å². The van der Waals surface area contributed by atoms with Crippen molar-refractivity contribution < 1.29 is 5.48 Å². The zero-order valence-corrected chi connectivity index (χ0v) is 19.9. The van der Waals surface area contributed by atoms with Gasteiger partial charge in [0, 0.05) is 11.5 Å². The average molecular weight is 406 g/mol. The molecule has 170 valence electrons. The standard InChI is InChI=1S/C27H49N.H2O/c1-4-7-8-9-10-11-12-13-14-15-16-17-21-24-26(28)27(5-2,6-3)25-22-19-18-20-23-25;/h18-20,22-23,26H,4-17,21,24,28H2,1-3H3;1H2. The zero-order chi connectivity index (χ0) is 20.5. The maximum absolute atomic E-state index is 6.75. The minimum Gasteiger partial charge on any atom is -0.412 e. The predicted octanol–water partition coefficient (Wildman–Crippen LogP) is 7.73. The molecule has 1 aromatic carbocycles. The highest BCUT2D eigenvalue weighted by Crippen LogP contribution is 2.36. The van der Waals surface area contributed by atoms with Gasteiger partial charge in [-0.15, -0.1) is 0 Å². The summed E-state index contributed by atoms with van der Waals surface area (Å²) in [5.41, 5.74) is 8.33. The van der Waals surface area contributed by atoms with Gasteiger partial charge in [-0.25, -0.2) is 0 Å². The van der Waals surface area contributed by atoms with Crippen LogP contribution >= 0.6 is 0 Å². The largest absolute Gasteiger partial charge is 0.412 e. The Morgan fingerprint density at radius 2 is 1.07 bits per heavy atom. The van der Waals surface area contributed by atoms with Crippen molar-refractivity contribution in [3.05, 3.63) is 35.9 Å². The lowest BCUT2D eigenvalue weighted by Crippen LogP contribution is -2.44. The number of nitrogens with two attached hydrogens (primary N) is 1. The lowest BCUT2D eigenvalue weighted by Gasteiger charge is -2.38. The van der Waals surface area contributed by atoms with Crippen LogP contribution in [0.2, 0.25) is 0 Å². The van der Waals surface area contributed by atoms with Crippen LogP contribution in [0.3, 0.4) is 0 Å². The van der Waals surface area contributed by atoms with E-state index in [-0.39, 0.29) is 16.9 Å². The van der Waals surface area contributed by atoms with Gasteiger partial charge in [0.25, 0.3) is 0 Å². The van der Waals surface area contributed by atoms with E-state index in [0.29, 0.717) is 0 Å². The van der Waals surface area contributed by atoms with Crippen LogP contribution in [0.1, 0.15) is 129 Å². The van der Waals surface area contributed by atoms with Crippen LogP contribution in [-0.2, 0) is 5.41 Å². The van der Waals surface area contributed by atoms with Crippen molar-refractivity contribution in [3.8, 4) is 0 Å². The Kier molecular flexibility index (Phi) is 17.4. The molecule has 0 fully saturated rings. The second-order valence-electron chi connectivity index (χ2n) is 8.87. The van der Waals surface area contributed by atoms with Crippen LogP contribution in [0.15, 0.2) is 30.3 Å². The number of rotatable bonds is 18. The summed E-state index contributed by atoms with van der Waals surface area (Å²) < 4.78 is 0. The van der Waals surface area contributed by atoms with Gasteiger partial charge in [-0.3, -0.25) is 0 Å². The molecule has 0 radical (unpaired) electrons. The molecular weight excluding hydrogens is 354 g/mol. The molecule has 0 saturated heterocycles. The summed E-state index contributed by atoms with van der Waals surface area (Å²) in [6.45, 7) is 6.90. The highest BCUT2D eigenvalue weighted by Gasteiger charge is 2.34. The molecule has 1 unspecified atom stereocenters. The van der Waals surface area contributed by atoms with E-state index in [0.717, 1.165) is 19.3 Å². The first-order valence-electron chi connectivity index (χ1n) is 12.5. The summed E-state index contributed by atoms with van der Waals surface area (Å²) in [4.78, 5) is 0. The van der Waals surface area contributed by atoms with E-state index in [1.54, 1.807) is 0 Å². The van der Waals surface area contributed by atoms with Gasteiger partial charge in [0.1, 0.15) is 0 Å². The second-order valence-corrected chi connectivity index (χ2v) is 8.87. The first-order chi connectivity index (χ1) is 13.7. The van der Waals surface area contributed by atoms with Crippen LogP contribution in [0, 0.1) is 0 Å². The Morgan fingerprint density at radius 1 is 0.655 bits per heavy atom. The molecule has 0 heterocycles. The molecule has 29 heavy (non-hydrogen) atoms. The molecule has 0 amide bonds. The lowest BCUT2D eigenvalue weighted by atomic mass is 9.69. The Balaban J connectivity index is 0.00000784. The smallest absolute Gasteiger partial charge is 0.0136 e. The fourth-order valence-electron chi connectivity index (χ4n) is 4.83. The van der Waals surface area contributed by atoms with E-state index in [4.69, 9.17) is 5.73 Å². The summed E-state index contributed by atoms with van der Waals surface area (Å²) >= 11 is 0. The maximum atomic E-state index is 6.75. The molecule has 2 heteroatoms. The van der Waals surface area contributed by atoms with Gasteiger partial charge < -0.3 is 11.2 Å². The van der Waals surface area contributed by atoms with Crippen molar-refractivity contribution in [1.82, 2.24) is 0 Å². The second kappa shape index (κ2) is 18.0. The van der Waals surface area contributed by atoms with Crippen molar-refractivity contribution in [2.45, 2.75) is 135 Å². The Labute approximate surface area is 182 Å². The summed E-state index contributed by atoms with van der Waals surface area (Å²) in [5.74, 6) is 0. The molecule has 2 nitrogen and oxygen atoms in total. The summed E-state index contributed by atoms with van der Waals surface area (Å²) in [6, 6.07) is 11.3. The van der Waals surface area contributed by atoms with Gasteiger partial charge in [0.2, 0.25) is 0 Å². The van der Waals surface area contributed by atoms with Gasteiger partial charge in [0.15, 0.2) is 0 Å². The third kappa shape index (κ3) is 10.6. The normalized spacial score (nSPS) is 12.6. The van der Waals surface area contributed by atoms with E-state index in [9.17, 15) is 0 Å². The van der Waals surface area contributed by atoms with E-state index in [1.807, 2.05) is 0 Å². The quantitative estimate of drug-likeness (QED) is 0.250. The first-order valence-corrected chi connectivity index (χ1v) is 12.5. The van der Waals surface area contributed by atoms with Crippen molar-refractivity contribution in [3.63, 3.8) is 0 Å². The summed E-state index contributed by atoms with van der Waals surface area (Å²) in [7, 11) is 0. The highest BCUT2D eigenvalue weighted by molar-refractivity contribution is 5.27. The van der Waals surface area contributed by atoms with Crippen LogP contribution in [0.25, 0.3) is 0 Å². The maximum Gasteiger partial charge on any atom is 0.0136 e. The van der Waals surface area contributed by atoms with Crippen LogP contribution in [0.4, 0.5) is 0 Å². The molecule has 0 aliphatic carbocycles. The third-order valence-electron chi connectivity index (χ3n) is 6.94. The SMILES string of the molecule is CCCCCCCCCCCCCCCC(N)C(CC)(CC)c1ccccc1.O. The number of hydrogen-bond acceptors (Lipinski definition) is 1. The molecule has 0 aromatic heterocycles. The van der Waals surface area contributed by atoms with Gasteiger partial charge in [-0.2, -0.15) is 0 Å². The minimum absolute atomic E-state index is 0. The molecule has 1 aromatic rings. The van der Waals surface area contributed by atoms with Crippen molar-refractivity contribution in [1.29, 1.82) is 0 Å². The number of unbranched alkanes of at least 4 members (excludes halogenated alkanes) is 12. The van der Waals surface area contributed by atoms with Gasteiger partial charge in [-0.1, -0.05) is 135 Å². The van der Waals surface area contributed by atoms with Gasteiger partial charge in [-0.05, 0) is 24.8 Å². The monoisotopic (exact) mass is 405 g/mol. The molecule has 0 bridgehead atoms.